The summed E-state index contributed by atoms with van der Waals surface area (Å²) in [5.74, 6) is 1.59. The standard InChI is InChI=1S/C9H19N3O2S/c1-10-9(11-2)12-5-6-15(13,14)7-8-3-4-8/h8H,3-7H2,1-2H3,(H2,10,11,12). The molecule has 1 aliphatic carbocycles. The number of sulfone groups is 1. The predicted octanol–water partition coefficient (Wildman–Crippen LogP) is -0.394. The van der Waals surface area contributed by atoms with Gasteiger partial charge in [0.05, 0.1) is 11.5 Å². The van der Waals surface area contributed by atoms with E-state index in [0.29, 0.717) is 24.2 Å². The van der Waals surface area contributed by atoms with E-state index in [0.717, 1.165) is 12.8 Å². The van der Waals surface area contributed by atoms with Crippen LogP contribution in [0.2, 0.25) is 0 Å². The fourth-order valence-electron chi connectivity index (χ4n) is 1.33. The van der Waals surface area contributed by atoms with Gasteiger partial charge in [-0.05, 0) is 18.8 Å². The molecule has 88 valence electrons. The van der Waals surface area contributed by atoms with E-state index in [1.165, 1.54) is 0 Å². The minimum Gasteiger partial charge on any atom is -0.359 e. The summed E-state index contributed by atoms with van der Waals surface area (Å²) in [6.45, 7) is 0.419. The molecule has 0 aliphatic heterocycles. The zero-order chi connectivity index (χ0) is 11.3. The van der Waals surface area contributed by atoms with Crippen LogP contribution in [-0.4, -0.2) is 46.5 Å². The monoisotopic (exact) mass is 233 g/mol. The molecule has 5 nitrogen and oxygen atoms in total. The smallest absolute Gasteiger partial charge is 0.190 e. The van der Waals surface area contributed by atoms with Gasteiger partial charge in [0.15, 0.2) is 15.8 Å². The molecule has 6 heteroatoms. The Morgan fingerprint density at radius 2 is 2.13 bits per heavy atom. The molecule has 2 N–H and O–H groups in total. The quantitative estimate of drug-likeness (QED) is 0.501. The molecule has 0 saturated heterocycles. The Labute approximate surface area is 91.3 Å². The third-order valence-corrected chi connectivity index (χ3v) is 4.16. The van der Waals surface area contributed by atoms with Crippen LogP contribution in [0.25, 0.3) is 0 Å². The van der Waals surface area contributed by atoms with Gasteiger partial charge in [-0.3, -0.25) is 4.99 Å². The molecule has 0 heterocycles. The van der Waals surface area contributed by atoms with Crippen LogP contribution in [0, 0.1) is 5.92 Å². The Balaban J connectivity index is 2.23. The summed E-state index contributed by atoms with van der Waals surface area (Å²) in [6, 6.07) is 0. The van der Waals surface area contributed by atoms with Crippen LogP contribution in [0.4, 0.5) is 0 Å². The van der Waals surface area contributed by atoms with E-state index >= 15 is 0 Å². The molecular weight excluding hydrogens is 214 g/mol. The first kappa shape index (κ1) is 12.3. The lowest BCUT2D eigenvalue weighted by atomic mass is 10.5. The number of hydrogen-bond acceptors (Lipinski definition) is 3. The maximum atomic E-state index is 11.5. The van der Waals surface area contributed by atoms with Crippen LogP contribution in [-0.2, 0) is 9.84 Å². The summed E-state index contributed by atoms with van der Waals surface area (Å²) in [7, 11) is 0.519. The van der Waals surface area contributed by atoms with Gasteiger partial charge < -0.3 is 10.6 Å². The Morgan fingerprint density at radius 3 is 2.60 bits per heavy atom. The van der Waals surface area contributed by atoms with Crippen LogP contribution in [0.15, 0.2) is 4.99 Å². The van der Waals surface area contributed by atoms with Gasteiger partial charge in [-0.2, -0.15) is 0 Å². The zero-order valence-electron chi connectivity index (χ0n) is 9.28. The maximum absolute atomic E-state index is 11.5. The molecule has 15 heavy (non-hydrogen) atoms. The Morgan fingerprint density at radius 1 is 1.47 bits per heavy atom. The van der Waals surface area contributed by atoms with Gasteiger partial charge in [0.1, 0.15) is 0 Å². The Hall–Kier alpha value is -0.780. The van der Waals surface area contributed by atoms with Crippen molar-refractivity contribution >= 4 is 15.8 Å². The fraction of sp³-hybridized carbons (Fsp3) is 0.889. The first-order chi connectivity index (χ1) is 7.07. The first-order valence-electron chi connectivity index (χ1n) is 5.16. The maximum Gasteiger partial charge on any atom is 0.190 e. The number of guanidine groups is 1. The van der Waals surface area contributed by atoms with Gasteiger partial charge >= 0.3 is 0 Å². The van der Waals surface area contributed by atoms with E-state index in [1.807, 2.05) is 0 Å². The average molecular weight is 233 g/mol. The van der Waals surface area contributed by atoms with Gasteiger partial charge in [-0.1, -0.05) is 0 Å². The Kier molecular flexibility index (Phi) is 4.38. The summed E-state index contributed by atoms with van der Waals surface area (Å²) in [4.78, 5) is 3.90. The minimum atomic E-state index is -2.88. The SMILES string of the molecule is CN=C(NC)NCCS(=O)(=O)CC1CC1. The molecule has 0 aromatic heterocycles. The van der Waals surface area contributed by atoms with Gasteiger partial charge in [0.2, 0.25) is 0 Å². The molecule has 1 fully saturated rings. The normalized spacial score (nSPS) is 17.6. The largest absolute Gasteiger partial charge is 0.359 e. The summed E-state index contributed by atoms with van der Waals surface area (Å²) >= 11 is 0. The molecule has 0 unspecified atom stereocenters. The topological polar surface area (TPSA) is 70.6 Å². The number of rotatable bonds is 5. The van der Waals surface area contributed by atoms with E-state index in [1.54, 1.807) is 14.1 Å². The van der Waals surface area contributed by atoms with Gasteiger partial charge in [-0.15, -0.1) is 0 Å². The second-order valence-corrected chi connectivity index (χ2v) is 6.04. The summed E-state index contributed by atoms with van der Waals surface area (Å²) in [5, 5.41) is 5.76. The molecule has 0 radical (unpaired) electrons. The summed E-state index contributed by atoms with van der Waals surface area (Å²) in [6.07, 6.45) is 2.15. The molecular formula is C9H19N3O2S. The number of nitrogens with zero attached hydrogens (tertiary/aromatic N) is 1. The second-order valence-electron chi connectivity index (χ2n) is 3.81. The van der Waals surface area contributed by atoms with Gasteiger partial charge in [0, 0.05) is 20.6 Å². The molecule has 1 rings (SSSR count). The van der Waals surface area contributed by atoms with E-state index < -0.39 is 9.84 Å². The van der Waals surface area contributed by atoms with Gasteiger partial charge in [0.25, 0.3) is 0 Å². The summed E-state index contributed by atoms with van der Waals surface area (Å²) in [5.41, 5.74) is 0. The molecule has 0 aromatic carbocycles. The highest BCUT2D eigenvalue weighted by Crippen LogP contribution is 2.30. The fourth-order valence-corrected chi connectivity index (χ4v) is 2.96. The molecule has 0 bridgehead atoms. The third-order valence-electron chi connectivity index (χ3n) is 2.35. The molecule has 0 atom stereocenters. The van der Waals surface area contributed by atoms with Crippen molar-refractivity contribution < 1.29 is 8.42 Å². The van der Waals surface area contributed by atoms with Crippen LogP contribution in [0.5, 0.6) is 0 Å². The van der Waals surface area contributed by atoms with Crippen LogP contribution < -0.4 is 10.6 Å². The third kappa shape index (κ3) is 5.01. The molecule has 1 saturated carbocycles. The van der Waals surface area contributed by atoms with Crippen molar-refractivity contribution in [2.75, 3.05) is 32.1 Å². The van der Waals surface area contributed by atoms with Crippen molar-refractivity contribution in [3.8, 4) is 0 Å². The second kappa shape index (κ2) is 5.34. The highest BCUT2D eigenvalue weighted by Gasteiger charge is 2.27. The van der Waals surface area contributed by atoms with E-state index in [-0.39, 0.29) is 5.75 Å². The van der Waals surface area contributed by atoms with E-state index in [4.69, 9.17) is 0 Å². The molecule has 0 amide bonds. The van der Waals surface area contributed by atoms with Crippen LogP contribution in [0.1, 0.15) is 12.8 Å². The number of nitrogens with one attached hydrogen (secondary N) is 2. The summed E-state index contributed by atoms with van der Waals surface area (Å²) < 4.78 is 23.1. The van der Waals surface area contributed by atoms with Crippen molar-refractivity contribution in [2.24, 2.45) is 10.9 Å². The molecule has 0 aromatic rings. The van der Waals surface area contributed by atoms with E-state index in [2.05, 4.69) is 15.6 Å². The minimum absolute atomic E-state index is 0.185. The highest BCUT2D eigenvalue weighted by molar-refractivity contribution is 7.91. The van der Waals surface area contributed by atoms with Crippen molar-refractivity contribution in [3.05, 3.63) is 0 Å². The number of aliphatic imine (C=N–C) groups is 1. The molecule has 1 aliphatic rings. The van der Waals surface area contributed by atoms with Crippen molar-refractivity contribution in [1.82, 2.24) is 10.6 Å². The van der Waals surface area contributed by atoms with Crippen LogP contribution >= 0.6 is 0 Å². The van der Waals surface area contributed by atoms with Crippen molar-refractivity contribution in [2.45, 2.75) is 12.8 Å². The first-order valence-corrected chi connectivity index (χ1v) is 6.98. The lowest BCUT2D eigenvalue weighted by molar-refractivity contribution is 0.591. The molecule has 0 spiro atoms. The van der Waals surface area contributed by atoms with Crippen LogP contribution in [0.3, 0.4) is 0 Å². The van der Waals surface area contributed by atoms with Gasteiger partial charge in [-0.25, -0.2) is 8.42 Å². The Bertz CT molecular complexity index is 320. The zero-order valence-corrected chi connectivity index (χ0v) is 10.1. The van der Waals surface area contributed by atoms with E-state index in [9.17, 15) is 8.42 Å². The highest BCUT2D eigenvalue weighted by atomic mass is 32.2. The van der Waals surface area contributed by atoms with Crippen molar-refractivity contribution in [3.63, 3.8) is 0 Å². The lowest BCUT2D eigenvalue weighted by Crippen LogP contribution is -2.37. The predicted molar refractivity (Wildman–Crippen MR) is 61.8 cm³/mol. The number of hydrogen-bond donors (Lipinski definition) is 2. The van der Waals surface area contributed by atoms with Crippen molar-refractivity contribution in [1.29, 1.82) is 0 Å². The average Bonchev–Trinajstić information content (AvgIpc) is 2.95. The lowest BCUT2D eigenvalue weighted by Gasteiger charge is -2.08.